The summed E-state index contributed by atoms with van der Waals surface area (Å²) >= 11 is 3.60. The zero-order valence-electron chi connectivity index (χ0n) is 6.94. The van der Waals surface area contributed by atoms with Gasteiger partial charge in [0.25, 0.3) is 0 Å². The van der Waals surface area contributed by atoms with E-state index in [9.17, 15) is 0 Å². The normalized spacial score (nSPS) is 14.3. The fourth-order valence-corrected chi connectivity index (χ4v) is 1.03. The lowest BCUT2D eigenvalue weighted by molar-refractivity contribution is 0.758. The molecule has 0 rings (SSSR count). The molecule has 0 aliphatic carbocycles. The second kappa shape index (κ2) is 7.33. The summed E-state index contributed by atoms with van der Waals surface area (Å²) < 4.78 is 0. The average Bonchev–Trinajstić information content (AvgIpc) is 1.98. The van der Waals surface area contributed by atoms with Gasteiger partial charge in [-0.3, -0.25) is 0 Å². The third-order valence-corrected chi connectivity index (χ3v) is 2.60. The Morgan fingerprint density at radius 1 is 1.30 bits per heavy atom. The van der Waals surface area contributed by atoms with Gasteiger partial charge in [0.2, 0.25) is 0 Å². The molecule has 0 aromatic heterocycles. The molecule has 1 heteroatoms. The van der Waals surface area contributed by atoms with Crippen molar-refractivity contribution in [3.05, 3.63) is 12.2 Å². The Morgan fingerprint density at radius 2 is 2.00 bits per heavy atom. The third-order valence-electron chi connectivity index (χ3n) is 1.49. The summed E-state index contributed by atoms with van der Waals surface area (Å²) in [6.45, 7) is 4.38. The number of hydrogen-bond donors (Lipinski definition) is 0. The van der Waals surface area contributed by atoms with Gasteiger partial charge in [0.15, 0.2) is 0 Å². The monoisotopic (exact) mass is 204 g/mol. The van der Waals surface area contributed by atoms with Crippen molar-refractivity contribution in [2.75, 3.05) is 0 Å². The van der Waals surface area contributed by atoms with Crippen LogP contribution in [0.3, 0.4) is 0 Å². The van der Waals surface area contributed by atoms with Crippen molar-refractivity contribution in [1.29, 1.82) is 0 Å². The summed E-state index contributed by atoms with van der Waals surface area (Å²) in [7, 11) is 0. The van der Waals surface area contributed by atoms with Crippen LogP contribution in [-0.2, 0) is 0 Å². The van der Waals surface area contributed by atoms with E-state index in [1.807, 2.05) is 0 Å². The molecule has 0 N–H and O–H groups in total. The van der Waals surface area contributed by atoms with Crippen LogP contribution >= 0.6 is 15.9 Å². The Balaban J connectivity index is 3.10. The predicted octanol–water partition coefficient (Wildman–Crippen LogP) is 3.91. The first-order valence-electron chi connectivity index (χ1n) is 4.10. The molecule has 0 aliphatic rings. The molecule has 60 valence electrons. The van der Waals surface area contributed by atoms with Gasteiger partial charge in [-0.2, -0.15) is 0 Å². The molecule has 0 amide bonds. The first kappa shape index (κ1) is 10.2. The van der Waals surface area contributed by atoms with Crippen LogP contribution in [0.25, 0.3) is 0 Å². The van der Waals surface area contributed by atoms with E-state index in [0.29, 0.717) is 4.83 Å². The summed E-state index contributed by atoms with van der Waals surface area (Å²) in [6.07, 6.45) is 9.39. The lowest BCUT2D eigenvalue weighted by Crippen LogP contribution is -1.92. The third kappa shape index (κ3) is 6.34. The molecule has 1 unspecified atom stereocenters. The second-order valence-electron chi connectivity index (χ2n) is 2.46. The van der Waals surface area contributed by atoms with E-state index < -0.39 is 0 Å². The Morgan fingerprint density at radius 3 is 2.50 bits per heavy atom. The molecule has 0 nitrogen and oxygen atoms in total. The van der Waals surface area contributed by atoms with E-state index in [-0.39, 0.29) is 0 Å². The summed E-state index contributed by atoms with van der Waals surface area (Å²) in [4.78, 5) is 0.717. The van der Waals surface area contributed by atoms with E-state index in [1.165, 1.54) is 25.7 Å². The molecule has 0 aliphatic heterocycles. The van der Waals surface area contributed by atoms with Crippen LogP contribution in [0.1, 0.15) is 39.5 Å². The number of halogens is 1. The van der Waals surface area contributed by atoms with Crippen molar-refractivity contribution in [2.24, 2.45) is 0 Å². The topological polar surface area (TPSA) is 0 Å². The molecule has 0 fully saturated rings. The molecular formula is C9H17Br. The van der Waals surface area contributed by atoms with Crippen molar-refractivity contribution in [2.45, 2.75) is 44.4 Å². The van der Waals surface area contributed by atoms with Crippen LogP contribution in [0.15, 0.2) is 12.2 Å². The van der Waals surface area contributed by atoms with Crippen LogP contribution in [0.5, 0.6) is 0 Å². The Labute approximate surface area is 72.8 Å². The van der Waals surface area contributed by atoms with Gasteiger partial charge in [-0.05, 0) is 25.7 Å². The van der Waals surface area contributed by atoms with Crippen molar-refractivity contribution < 1.29 is 0 Å². The SMILES string of the molecule is CCC=CCCC(Br)CC. The van der Waals surface area contributed by atoms with Gasteiger partial charge in [0.1, 0.15) is 0 Å². The Kier molecular flexibility index (Phi) is 7.49. The highest BCUT2D eigenvalue weighted by molar-refractivity contribution is 9.09. The van der Waals surface area contributed by atoms with Crippen LogP contribution in [0.2, 0.25) is 0 Å². The van der Waals surface area contributed by atoms with Gasteiger partial charge in [0, 0.05) is 4.83 Å². The van der Waals surface area contributed by atoms with Gasteiger partial charge in [-0.25, -0.2) is 0 Å². The number of hydrogen-bond acceptors (Lipinski definition) is 0. The lowest BCUT2D eigenvalue weighted by atomic mass is 10.2. The van der Waals surface area contributed by atoms with Crippen molar-refractivity contribution in [3.8, 4) is 0 Å². The maximum absolute atomic E-state index is 3.60. The Hall–Kier alpha value is 0.220. The van der Waals surface area contributed by atoms with Gasteiger partial charge in [-0.15, -0.1) is 0 Å². The number of allylic oxidation sites excluding steroid dienone is 2. The van der Waals surface area contributed by atoms with Crippen LogP contribution in [-0.4, -0.2) is 4.83 Å². The fourth-order valence-electron chi connectivity index (χ4n) is 0.766. The molecule has 0 saturated carbocycles. The van der Waals surface area contributed by atoms with Gasteiger partial charge >= 0.3 is 0 Å². The maximum Gasteiger partial charge on any atom is 0.0146 e. The molecule has 1 atom stereocenters. The molecular weight excluding hydrogens is 188 g/mol. The first-order chi connectivity index (χ1) is 4.81. The maximum atomic E-state index is 3.60. The van der Waals surface area contributed by atoms with Crippen molar-refractivity contribution >= 4 is 15.9 Å². The molecule has 0 bridgehead atoms. The van der Waals surface area contributed by atoms with E-state index >= 15 is 0 Å². The average molecular weight is 205 g/mol. The van der Waals surface area contributed by atoms with Crippen molar-refractivity contribution in [3.63, 3.8) is 0 Å². The predicted molar refractivity (Wildman–Crippen MR) is 51.7 cm³/mol. The molecule has 0 heterocycles. The van der Waals surface area contributed by atoms with Gasteiger partial charge in [-0.1, -0.05) is 41.9 Å². The lowest BCUT2D eigenvalue weighted by Gasteiger charge is -2.01. The van der Waals surface area contributed by atoms with Crippen LogP contribution in [0, 0.1) is 0 Å². The van der Waals surface area contributed by atoms with E-state index in [4.69, 9.17) is 0 Å². The van der Waals surface area contributed by atoms with Gasteiger partial charge in [0.05, 0.1) is 0 Å². The summed E-state index contributed by atoms with van der Waals surface area (Å²) in [5, 5.41) is 0. The highest BCUT2D eigenvalue weighted by Crippen LogP contribution is 2.11. The minimum Gasteiger partial charge on any atom is -0.0891 e. The molecule has 0 radical (unpaired) electrons. The summed E-state index contributed by atoms with van der Waals surface area (Å²) in [5.74, 6) is 0. The number of rotatable bonds is 5. The Bertz CT molecular complexity index is 86.7. The van der Waals surface area contributed by atoms with Gasteiger partial charge < -0.3 is 0 Å². The minimum absolute atomic E-state index is 0.717. The standard InChI is InChI=1S/C9H17Br/c1-3-5-6-7-8-9(10)4-2/h5-6,9H,3-4,7-8H2,1-2H3. The molecule has 10 heavy (non-hydrogen) atoms. The molecule has 0 saturated heterocycles. The minimum atomic E-state index is 0.717. The largest absolute Gasteiger partial charge is 0.0891 e. The summed E-state index contributed by atoms with van der Waals surface area (Å²) in [6, 6.07) is 0. The van der Waals surface area contributed by atoms with Crippen LogP contribution in [0.4, 0.5) is 0 Å². The number of alkyl halides is 1. The second-order valence-corrected chi connectivity index (χ2v) is 3.76. The molecule has 0 spiro atoms. The highest BCUT2D eigenvalue weighted by Gasteiger charge is 1.96. The highest BCUT2D eigenvalue weighted by atomic mass is 79.9. The zero-order valence-corrected chi connectivity index (χ0v) is 8.52. The van der Waals surface area contributed by atoms with E-state index in [0.717, 1.165) is 0 Å². The molecule has 0 aromatic rings. The van der Waals surface area contributed by atoms with Crippen LogP contribution < -0.4 is 0 Å². The van der Waals surface area contributed by atoms with Crippen molar-refractivity contribution in [1.82, 2.24) is 0 Å². The first-order valence-corrected chi connectivity index (χ1v) is 5.01. The fraction of sp³-hybridized carbons (Fsp3) is 0.778. The molecule has 0 aromatic carbocycles. The summed E-state index contributed by atoms with van der Waals surface area (Å²) in [5.41, 5.74) is 0. The van der Waals surface area contributed by atoms with E-state index in [2.05, 4.69) is 41.9 Å². The zero-order chi connectivity index (χ0) is 7.82. The quantitative estimate of drug-likeness (QED) is 0.471. The van der Waals surface area contributed by atoms with E-state index in [1.54, 1.807) is 0 Å². The smallest absolute Gasteiger partial charge is 0.0146 e.